The lowest BCUT2D eigenvalue weighted by Gasteiger charge is -2.09. The second-order valence-corrected chi connectivity index (χ2v) is 7.17. The molecule has 1 N–H and O–H groups in total. The van der Waals surface area contributed by atoms with Crippen LogP contribution in [-0.2, 0) is 22.6 Å². The number of nitrogens with one attached hydrogen (secondary N) is 1. The largest absolute Gasteiger partial charge is 0.488 e. The van der Waals surface area contributed by atoms with E-state index >= 15 is 0 Å². The van der Waals surface area contributed by atoms with Gasteiger partial charge in [0.05, 0.1) is 24.9 Å². The zero-order valence-corrected chi connectivity index (χ0v) is 17.2. The number of carbonyl (C=O) groups excluding carboxylic acids is 1. The summed E-state index contributed by atoms with van der Waals surface area (Å²) in [6, 6.07) is 15.9. The molecule has 3 rings (SSSR count). The minimum Gasteiger partial charge on any atom is -0.488 e. The van der Waals surface area contributed by atoms with Gasteiger partial charge in [-0.3, -0.25) is 10.2 Å². The lowest BCUT2D eigenvalue weighted by Crippen LogP contribution is -2.07. The summed E-state index contributed by atoms with van der Waals surface area (Å²) in [4.78, 5) is 15.9. The highest BCUT2D eigenvalue weighted by Gasteiger charge is 2.08. The summed E-state index contributed by atoms with van der Waals surface area (Å²) in [5, 5.41) is 6.67. The fraction of sp³-hybridized carbons (Fsp3) is 0.227. The molecule has 0 amide bonds. The summed E-state index contributed by atoms with van der Waals surface area (Å²) >= 11 is 1.38. The maximum absolute atomic E-state index is 11.5. The average molecular weight is 410 g/mol. The fourth-order valence-electron chi connectivity index (χ4n) is 2.64. The van der Waals surface area contributed by atoms with Crippen molar-refractivity contribution < 1.29 is 14.3 Å². The Morgan fingerprint density at radius 3 is 2.93 bits per heavy atom. The highest BCUT2D eigenvalue weighted by Crippen LogP contribution is 2.19. The normalized spacial score (nSPS) is 10.8. The molecule has 0 aliphatic carbocycles. The predicted molar refractivity (Wildman–Crippen MR) is 116 cm³/mol. The first-order valence-electron chi connectivity index (χ1n) is 9.30. The highest BCUT2D eigenvalue weighted by atomic mass is 32.1. The molecule has 0 spiro atoms. The molecule has 0 fully saturated rings. The Kier molecular flexibility index (Phi) is 7.35. The van der Waals surface area contributed by atoms with Gasteiger partial charge in [-0.05, 0) is 31.5 Å². The summed E-state index contributed by atoms with van der Waals surface area (Å²) in [5.41, 5.74) is 6.74. The van der Waals surface area contributed by atoms with E-state index in [2.05, 4.69) is 34.6 Å². The Morgan fingerprint density at radius 1 is 1.24 bits per heavy atom. The Bertz CT molecular complexity index is 985. The summed E-state index contributed by atoms with van der Waals surface area (Å²) in [5.74, 6) is 0.467. The summed E-state index contributed by atoms with van der Waals surface area (Å²) < 4.78 is 10.9. The molecule has 0 saturated heterocycles. The van der Waals surface area contributed by atoms with Gasteiger partial charge in [-0.2, -0.15) is 5.10 Å². The first-order valence-corrected chi connectivity index (χ1v) is 10.2. The molecule has 1 heterocycles. The van der Waals surface area contributed by atoms with Gasteiger partial charge in [0.15, 0.2) is 0 Å². The minimum absolute atomic E-state index is 0.158. The van der Waals surface area contributed by atoms with Gasteiger partial charge >= 0.3 is 5.97 Å². The number of ether oxygens (including phenoxy) is 2. The van der Waals surface area contributed by atoms with Crippen molar-refractivity contribution in [1.82, 2.24) is 4.98 Å². The molecular weight excluding hydrogens is 386 g/mol. The summed E-state index contributed by atoms with van der Waals surface area (Å²) in [6.07, 6.45) is 1.85. The standard InChI is InChI=1S/C22H23N3O3S/c1-3-27-21(26)12-19-15-29-22(24-19)25-23-13-18-9-4-5-10-20(18)28-14-17-8-6-7-16(2)11-17/h4-11,13,15H,3,12,14H2,1-2H3,(H,24,25). The Balaban J connectivity index is 1.58. The first-order chi connectivity index (χ1) is 14.1. The van der Waals surface area contributed by atoms with Crippen molar-refractivity contribution in [3.05, 3.63) is 76.3 Å². The SMILES string of the molecule is CCOC(=O)Cc1csc(NN=Cc2ccccc2OCc2cccc(C)c2)n1. The highest BCUT2D eigenvalue weighted by molar-refractivity contribution is 7.13. The lowest BCUT2D eigenvalue weighted by molar-refractivity contribution is -0.142. The molecule has 150 valence electrons. The molecule has 2 aromatic carbocycles. The molecule has 3 aromatic rings. The van der Waals surface area contributed by atoms with E-state index in [1.807, 2.05) is 41.8 Å². The number of para-hydroxylation sites is 1. The van der Waals surface area contributed by atoms with Gasteiger partial charge in [-0.1, -0.05) is 42.0 Å². The number of aromatic nitrogens is 1. The molecule has 0 radical (unpaired) electrons. The van der Waals surface area contributed by atoms with Gasteiger partial charge in [0.1, 0.15) is 12.4 Å². The van der Waals surface area contributed by atoms with Crippen LogP contribution in [0, 0.1) is 6.92 Å². The zero-order valence-electron chi connectivity index (χ0n) is 16.4. The molecule has 0 aliphatic heterocycles. The number of hydrogen-bond acceptors (Lipinski definition) is 7. The molecule has 6 nitrogen and oxygen atoms in total. The van der Waals surface area contributed by atoms with Crippen molar-refractivity contribution in [1.29, 1.82) is 0 Å². The van der Waals surface area contributed by atoms with Crippen LogP contribution in [0.25, 0.3) is 0 Å². The molecule has 0 saturated carbocycles. The monoisotopic (exact) mass is 409 g/mol. The number of nitrogens with zero attached hydrogens (tertiary/aromatic N) is 2. The van der Waals surface area contributed by atoms with Crippen LogP contribution in [-0.4, -0.2) is 23.8 Å². The van der Waals surface area contributed by atoms with Gasteiger partial charge in [0.25, 0.3) is 0 Å². The van der Waals surface area contributed by atoms with Gasteiger partial charge in [-0.25, -0.2) is 4.98 Å². The van der Waals surface area contributed by atoms with Crippen molar-refractivity contribution in [3.63, 3.8) is 0 Å². The number of thiazole rings is 1. The topological polar surface area (TPSA) is 72.8 Å². The Hall–Kier alpha value is -3.19. The second-order valence-electron chi connectivity index (χ2n) is 6.31. The maximum Gasteiger partial charge on any atom is 0.311 e. The van der Waals surface area contributed by atoms with Crippen LogP contribution in [0.15, 0.2) is 59.0 Å². The molecule has 29 heavy (non-hydrogen) atoms. The average Bonchev–Trinajstić information content (AvgIpc) is 3.14. The third kappa shape index (κ3) is 6.43. The fourth-order valence-corrected chi connectivity index (χ4v) is 3.30. The number of rotatable bonds is 9. The van der Waals surface area contributed by atoms with Crippen molar-refractivity contribution in [2.24, 2.45) is 5.10 Å². The molecule has 0 atom stereocenters. The number of hydrazone groups is 1. The Morgan fingerprint density at radius 2 is 2.10 bits per heavy atom. The van der Waals surface area contributed by atoms with Crippen LogP contribution in [0.2, 0.25) is 0 Å². The maximum atomic E-state index is 11.5. The molecular formula is C22H23N3O3S. The summed E-state index contributed by atoms with van der Waals surface area (Å²) in [6.45, 7) is 4.70. The molecule has 1 aromatic heterocycles. The molecule has 0 unspecified atom stereocenters. The van der Waals surface area contributed by atoms with Crippen LogP contribution in [0.4, 0.5) is 5.13 Å². The predicted octanol–water partition coefficient (Wildman–Crippen LogP) is 4.58. The van der Waals surface area contributed by atoms with Crippen LogP contribution in [0.1, 0.15) is 29.3 Å². The summed E-state index contributed by atoms with van der Waals surface area (Å²) in [7, 11) is 0. The number of hydrogen-bond donors (Lipinski definition) is 1. The van der Waals surface area contributed by atoms with Crippen LogP contribution in [0.3, 0.4) is 0 Å². The van der Waals surface area contributed by atoms with Gasteiger partial charge in [0.2, 0.25) is 5.13 Å². The van der Waals surface area contributed by atoms with E-state index in [0.717, 1.165) is 16.9 Å². The number of carbonyl (C=O) groups is 1. The van der Waals surface area contributed by atoms with Crippen molar-refractivity contribution in [2.75, 3.05) is 12.0 Å². The van der Waals surface area contributed by atoms with E-state index in [0.29, 0.717) is 24.0 Å². The molecule has 0 aliphatic rings. The van der Waals surface area contributed by atoms with Gasteiger partial charge in [-0.15, -0.1) is 11.3 Å². The molecule has 0 bridgehead atoms. The van der Waals surface area contributed by atoms with Gasteiger partial charge < -0.3 is 9.47 Å². The molecule has 7 heteroatoms. The van der Waals surface area contributed by atoms with Crippen LogP contribution in [0.5, 0.6) is 5.75 Å². The van der Waals surface area contributed by atoms with E-state index in [4.69, 9.17) is 9.47 Å². The quantitative estimate of drug-likeness (QED) is 0.318. The third-order valence-electron chi connectivity index (χ3n) is 3.94. The van der Waals surface area contributed by atoms with Gasteiger partial charge in [0, 0.05) is 10.9 Å². The lowest BCUT2D eigenvalue weighted by atomic mass is 10.1. The van der Waals surface area contributed by atoms with E-state index in [-0.39, 0.29) is 12.4 Å². The van der Waals surface area contributed by atoms with Crippen molar-refractivity contribution in [2.45, 2.75) is 26.9 Å². The number of esters is 1. The smallest absolute Gasteiger partial charge is 0.311 e. The first kappa shape index (κ1) is 20.5. The van der Waals surface area contributed by atoms with Crippen LogP contribution < -0.4 is 10.2 Å². The van der Waals surface area contributed by atoms with Crippen molar-refractivity contribution >= 4 is 28.7 Å². The van der Waals surface area contributed by atoms with Crippen LogP contribution >= 0.6 is 11.3 Å². The number of aryl methyl sites for hydroxylation is 1. The Labute approximate surface area is 174 Å². The second kappa shape index (κ2) is 10.4. The van der Waals surface area contributed by atoms with E-state index < -0.39 is 0 Å². The van der Waals surface area contributed by atoms with E-state index in [9.17, 15) is 4.79 Å². The van der Waals surface area contributed by atoms with E-state index in [1.54, 1.807) is 13.1 Å². The third-order valence-corrected chi connectivity index (χ3v) is 4.74. The minimum atomic E-state index is -0.285. The number of benzene rings is 2. The zero-order chi connectivity index (χ0) is 20.5. The van der Waals surface area contributed by atoms with Crippen molar-refractivity contribution in [3.8, 4) is 5.75 Å². The van der Waals surface area contributed by atoms with E-state index in [1.165, 1.54) is 16.9 Å². The number of anilines is 1.